The Labute approximate surface area is 163 Å². The molecule has 1 rings (SSSR count). The second kappa shape index (κ2) is 13.8. The van der Waals surface area contributed by atoms with Gasteiger partial charge in [0.05, 0.1) is 20.1 Å². The Kier molecular flexibility index (Phi) is 11.7. The zero-order chi connectivity index (χ0) is 19.9. The number of carbonyl (C=O) groups is 2. The largest absolute Gasteiger partial charge is 0.493 e. The van der Waals surface area contributed by atoms with Crippen LogP contribution in [-0.2, 0) is 14.3 Å². The molecule has 1 aromatic carbocycles. The molecule has 0 N–H and O–H groups in total. The van der Waals surface area contributed by atoms with E-state index in [1.54, 1.807) is 17.1 Å². The van der Waals surface area contributed by atoms with Crippen LogP contribution in [0.3, 0.4) is 0 Å². The Bertz CT molecular complexity index is 598. The van der Waals surface area contributed by atoms with Crippen molar-refractivity contribution >= 4 is 18.0 Å². The van der Waals surface area contributed by atoms with E-state index in [4.69, 9.17) is 9.47 Å². The van der Waals surface area contributed by atoms with Crippen molar-refractivity contribution in [2.45, 2.75) is 52.4 Å². The summed E-state index contributed by atoms with van der Waals surface area (Å²) in [5.41, 5.74) is 0.873. The van der Waals surface area contributed by atoms with Gasteiger partial charge in [0, 0.05) is 24.7 Å². The number of hydrogen-bond acceptors (Lipinski definition) is 4. The number of nitrogens with zero attached hydrogens (tertiary/aromatic N) is 1. The van der Waals surface area contributed by atoms with Gasteiger partial charge >= 0.3 is 5.97 Å². The Morgan fingerprint density at radius 1 is 1.04 bits per heavy atom. The number of benzene rings is 1. The van der Waals surface area contributed by atoms with Crippen molar-refractivity contribution < 1.29 is 19.1 Å². The highest BCUT2D eigenvalue weighted by atomic mass is 16.5. The Hall–Kier alpha value is -2.30. The molecule has 0 aliphatic rings. The van der Waals surface area contributed by atoms with Crippen LogP contribution in [0.1, 0.15) is 57.9 Å². The number of ether oxygens (including phenoxy) is 2. The summed E-state index contributed by atoms with van der Waals surface area (Å²) < 4.78 is 10.4. The van der Waals surface area contributed by atoms with Gasteiger partial charge in [-0.2, -0.15) is 0 Å². The molecule has 1 amide bonds. The molecule has 0 aromatic heterocycles. The third kappa shape index (κ3) is 9.27. The zero-order valence-corrected chi connectivity index (χ0v) is 16.9. The maximum absolute atomic E-state index is 12.7. The standard InChI is InChI=1S/C22H33NO4/c1-4-6-7-10-16-23(17-15-22(25)26-3)21(24)14-13-19-11-8-9-12-20(19)27-18-5-2/h8-9,11-14H,4-7,10,15-18H2,1-3H3/b14-13+. The van der Waals surface area contributed by atoms with Crippen molar-refractivity contribution in [3.05, 3.63) is 35.9 Å². The van der Waals surface area contributed by atoms with E-state index in [2.05, 4.69) is 13.8 Å². The molecular formula is C22H33NO4. The fourth-order valence-corrected chi connectivity index (χ4v) is 2.62. The molecule has 0 spiro atoms. The third-order valence-electron chi connectivity index (χ3n) is 4.19. The van der Waals surface area contributed by atoms with Crippen LogP contribution < -0.4 is 4.74 Å². The van der Waals surface area contributed by atoms with Crippen LogP contribution in [-0.4, -0.2) is 43.6 Å². The number of hydrogen-bond donors (Lipinski definition) is 0. The number of esters is 1. The van der Waals surface area contributed by atoms with Gasteiger partial charge in [0.15, 0.2) is 0 Å². The minimum atomic E-state index is -0.302. The molecule has 0 fully saturated rings. The van der Waals surface area contributed by atoms with Gasteiger partial charge in [-0.15, -0.1) is 0 Å². The molecular weight excluding hydrogens is 342 g/mol. The van der Waals surface area contributed by atoms with E-state index in [1.807, 2.05) is 24.3 Å². The molecule has 0 heterocycles. The zero-order valence-electron chi connectivity index (χ0n) is 16.9. The maximum Gasteiger partial charge on any atom is 0.307 e. The highest BCUT2D eigenvalue weighted by molar-refractivity contribution is 5.92. The van der Waals surface area contributed by atoms with E-state index in [0.29, 0.717) is 19.7 Å². The minimum absolute atomic E-state index is 0.0966. The van der Waals surface area contributed by atoms with Crippen LogP contribution in [0.5, 0.6) is 5.75 Å². The lowest BCUT2D eigenvalue weighted by Crippen LogP contribution is -2.32. The van der Waals surface area contributed by atoms with Crippen molar-refractivity contribution in [3.8, 4) is 5.75 Å². The predicted molar refractivity (Wildman–Crippen MR) is 109 cm³/mol. The van der Waals surface area contributed by atoms with Crippen LogP contribution in [0.15, 0.2) is 30.3 Å². The van der Waals surface area contributed by atoms with Crippen LogP contribution in [0, 0.1) is 0 Å². The second-order valence-electron chi connectivity index (χ2n) is 6.43. The van der Waals surface area contributed by atoms with E-state index in [1.165, 1.54) is 7.11 Å². The summed E-state index contributed by atoms with van der Waals surface area (Å²) in [4.78, 5) is 25.8. The molecule has 0 saturated carbocycles. The summed E-state index contributed by atoms with van der Waals surface area (Å²) in [6.07, 6.45) is 8.79. The van der Waals surface area contributed by atoms with Crippen molar-refractivity contribution in [3.63, 3.8) is 0 Å². The first-order valence-corrected chi connectivity index (χ1v) is 9.88. The smallest absolute Gasteiger partial charge is 0.307 e. The first-order chi connectivity index (χ1) is 13.1. The number of methoxy groups -OCH3 is 1. The number of para-hydroxylation sites is 1. The molecule has 0 saturated heterocycles. The summed E-state index contributed by atoms with van der Waals surface area (Å²) in [7, 11) is 1.36. The van der Waals surface area contributed by atoms with Gasteiger partial charge in [0.25, 0.3) is 0 Å². The minimum Gasteiger partial charge on any atom is -0.493 e. The Morgan fingerprint density at radius 2 is 1.81 bits per heavy atom. The van der Waals surface area contributed by atoms with E-state index in [9.17, 15) is 9.59 Å². The van der Waals surface area contributed by atoms with Crippen LogP contribution in [0.4, 0.5) is 0 Å². The third-order valence-corrected chi connectivity index (χ3v) is 4.19. The van der Waals surface area contributed by atoms with E-state index in [-0.39, 0.29) is 18.3 Å². The molecule has 1 aromatic rings. The molecule has 27 heavy (non-hydrogen) atoms. The molecule has 0 atom stereocenters. The lowest BCUT2D eigenvalue weighted by molar-refractivity contribution is -0.141. The van der Waals surface area contributed by atoms with Gasteiger partial charge in [-0.25, -0.2) is 0 Å². The van der Waals surface area contributed by atoms with Gasteiger partial charge in [-0.1, -0.05) is 51.3 Å². The van der Waals surface area contributed by atoms with Crippen LogP contribution in [0.2, 0.25) is 0 Å². The maximum atomic E-state index is 12.7. The lowest BCUT2D eigenvalue weighted by Gasteiger charge is -2.20. The van der Waals surface area contributed by atoms with Crippen LogP contribution >= 0.6 is 0 Å². The molecule has 5 nitrogen and oxygen atoms in total. The van der Waals surface area contributed by atoms with Crippen molar-refractivity contribution in [2.24, 2.45) is 0 Å². The fraction of sp³-hybridized carbons (Fsp3) is 0.545. The van der Waals surface area contributed by atoms with Crippen LogP contribution in [0.25, 0.3) is 6.08 Å². The average Bonchev–Trinajstić information content (AvgIpc) is 2.70. The fourth-order valence-electron chi connectivity index (χ4n) is 2.62. The predicted octanol–water partition coefficient (Wildman–Crippen LogP) is 4.46. The number of unbranched alkanes of at least 4 members (excludes halogenated alkanes) is 3. The van der Waals surface area contributed by atoms with E-state index < -0.39 is 0 Å². The Balaban J connectivity index is 2.75. The highest BCUT2D eigenvalue weighted by Crippen LogP contribution is 2.20. The summed E-state index contributed by atoms with van der Waals surface area (Å²) in [6, 6.07) is 7.66. The molecule has 0 aliphatic heterocycles. The first-order valence-electron chi connectivity index (χ1n) is 9.88. The molecule has 0 unspecified atom stereocenters. The lowest BCUT2D eigenvalue weighted by atomic mass is 10.1. The average molecular weight is 376 g/mol. The molecule has 0 aliphatic carbocycles. The first kappa shape index (κ1) is 22.7. The van der Waals surface area contributed by atoms with Gasteiger partial charge in [-0.3, -0.25) is 9.59 Å². The normalized spacial score (nSPS) is 10.8. The Morgan fingerprint density at radius 3 is 2.52 bits per heavy atom. The van der Waals surface area contributed by atoms with Crippen molar-refractivity contribution in [1.82, 2.24) is 4.90 Å². The molecule has 150 valence electrons. The molecule has 5 heteroatoms. The quantitative estimate of drug-likeness (QED) is 0.290. The summed E-state index contributed by atoms with van der Waals surface area (Å²) in [5.74, 6) is 0.372. The number of amides is 1. The SMILES string of the molecule is CCCCCCN(CCC(=O)OC)C(=O)/C=C/c1ccccc1OCCC. The van der Waals surface area contributed by atoms with Gasteiger partial charge in [0.2, 0.25) is 5.91 Å². The molecule has 0 bridgehead atoms. The highest BCUT2D eigenvalue weighted by Gasteiger charge is 2.13. The second-order valence-corrected chi connectivity index (χ2v) is 6.43. The number of carbonyl (C=O) groups excluding carboxylic acids is 2. The number of rotatable bonds is 13. The van der Waals surface area contributed by atoms with Crippen molar-refractivity contribution in [1.29, 1.82) is 0 Å². The van der Waals surface area contributed by atoms with Gasteiger partial charge in [-0.05, 0) is 25.0 Å². The van der Waals surface area contributed by atoms with E-state index in [0.717, 1.165) is 43.4 Å². The summed E-state index contributed by atoms with van der Waals surface area (Å²) in [6.45, 7) is 5.87. The van der Waals surface area contributed by atoms with Gasteiger partial charge < -0.3 is 14.4 Å². The van der Waals surface area contributed by atoms with Gasteiger partial charge in [0.1, 0.15) is 5.75 Å². The summed E-state index contributed by atoms with van der Waals surface area (Å²) in [5, 5.41) is 0. The summed E-state index contributed by atoms with van der Waals surface area (Å²) >= 11 is 0. The van der Waals surface area contributed by atoms with Crippen molar-refractivity contribution in [2.75, 3.05) is 26.8 Å². The molecule has 0 radical (unpaired) electrons. The monoisotopic (exact) mass is 375 g/mol. The van der Waals surface area contributed by atoms with E-state index >= 15 is 0 Å². The topological polar surface area (TPSA) is 55.8 Å².